The Morgan fingerprint density at radius 1 is 1.47 bits per heavy atom. The van der Waals surface area contributed by atoms with Crippen molar-refractivity contribution >= 4 is 38.5 Å². The van der Waals surface area contributed by atoms with Gasteiger partial charge in [0, 0.05) is 10.6 Å². The molecule has 0 saturated carbocycles. The van der Waals surface area contributed by atoms with Crippen LogP contribution in [-0.2, 0) is 7.05 Å². The number of aromatic nitrogens is 3. The van der Waals surface area contributed by atoms with E-state index in [2.05, 4.69) is 85.3 Å². The van der Waals surface area contributed by atoms with Crippen molar-refractivity contribution in [2.24, 2.45) is 7.05 Å². The van der Waals surface area contributed by atoms with Crippen molar-refractivity contribution in [2.45, 2.75) is 19.4 Å². The maximum Gasteiger partial charge on any atom is 0.153 e. The second-order valence-corrected chi connectivity index (χ2v) is 6.33. The Labute approximate surface area is 135 Å². The van der Waals surface area contributed by atoms with Crippen LogP contribution < -0.4 is 5.32 Å². The summed E-state index contributed by atoms with van der Waals surface area (Å²) < 4.78 is 3.84. The molecule has 1 heterocycles. The molecule has 2 rings (SSSR count). The van der Waals surface area contributed by atoms with Gasteiger partial charge in [0.05, 0.1) is 11.7 Å². The summed E-state index contributed by atoms with van der Waals surface area (Å²) in [7, 11) is 1.92. The first-order valence-corrected chi connectivity index (χ1v) is 8.04. The summed E-state index contributed by atoms with van der Waals surface area (Å²) in [4.78, 5) is 0. The number of benzene rings is 1. The van der Waals surface area contributed by atoms with Crippen LogP contribution in [0.4, 0.5) is 0 Å². The number of halogens is 2. The zero-order chi connectivity index (χ0) is 13.8. The number of hydrogen-bond acceptors (Lipinski definition) is 3. The summed E-state index contributed by atoms with van der Waals surface area (Å²) in [5.41, 5.74) is 2.28. The molecule has 102 valence electrons. The van der Waals surface area contributed by atoms with Gasteiger partial charge in [0.2, 0.25) is 0 Å². The molecule has 1 atom stereocenters. The van der Waals surface area contributed by atoms with E-state index in [1.54, 1.807) is 0 Å². The molecule has 19 heavy (non-hydrogen) atoms. The molecule has 0 fully saturated rings. The third kappa shape index (κ3) is 3.55. The Kier molecular flexibility index (Phi) is 5.35. The lowest BCUT2D eigenvalue weighted by Crippen LogP contribution is -2.25. The highest BCUT2D eigenvalue weighted by Gasteiger charge is 2.21. The zero-order valence-corrected chi connectivity index (χ0v) is 14.6. The molecule has 1 N–H and O–H groups in total. The summed E-state index contributed by atoms with van der Waals surface area (Å²) in [6, 6.07) is 8.60. The van der Waals surface area contributed by atoms with Crippen molar-refractivity contribution in [1.82, 2.24) is 20.3 Å². The van der Waals surface area contributed by atoms with E-state index in [9.17, 15) is 0 Å². The molecule has 0 amide bonds. The van der Waals surface area contributed by atoms with Gasteiger partial charge in [-0.2, -0.15) is 0 Å². The number of hydrogen-bond donors (Lipinski definition) is 1. The van der Waals surface area contributed by atoms with Gasteiger partial charge in [-0.3, -0.25) is 0 Å². The largest absolute Gasteiger partial charge is 0.305 e. The second kappa shape index (κ2) is 6.81. The van der Waals surface area contributed by atoms with E-state index >= 15 is 0 Å². The lowest BCUT2D eigenvalue weighted by atomic mass is 10.0. The van der Waals surface area contributed by atoms with Crippen molar-refractivity contribution in [2.75, 3.05) is 6.54 Å². The summed E-state index contributed by atoms with van der Waals surface area (Å²) in [6.07, 6.45) is 1.09. The van der Waals surface area contributed by atoms with Gasteiger partial charge in [0.1, 0.15) is 0 Å². The van der Waals surface area contributed by atoms with Crippen LogP contribution in [0, 0.1) is 3.57 Å². The third-order valence-corrected chi connectivity index (χ3v) is 4.12. The zero-order valence-electron chi connectivity index (χ0n) is 10.9. The summed E-state index contributed by atoms with van der Waals surface area (Å²) in [5.74, 6) is 0. The van der Waals surface area contributed by atoms with E-state index in [0.717, 1.165) is 23.3 Å². The molecule has 1 aromatic heterocycles. The molecule has 0 aliphatic carbocycles. The molecule has 0 spiro atoms. The van der Waals surface area contributed by atoms with Gasteiger partial charge >= 0.3 is 0 Å². The standard InChI is InChI=1S/C13H16BrIN4/c1-3-7-16-11(9-5-4-6-10(15)8-9)12-13(14)17-18-19(12)2/h4-6,8,11,16H,3,7H2,1-2H3. The van der Waals surface area contributed by atoms with Crippen molar-refractivity contribution in [3.05, 3.63) is 43.7 Å². The van der Waals surface area contributed by atoms with Crippen molar-refractivity contribution < 1.29 is 0 Å². The molecule has 0 aliphatic heterocycles. The first kappa shape index (κ1) is 14.9. The summed E-state index contributed by atoms with van der Waals surface area (Å²) in [6.45, 7) is 3.11. The average Bonchev–Trinajstić information content (AvgIpc) is 2.71. The van der Waals surface area contributed by atoms with Crippen LogP contribution >= 0.6 is 38.5 Å². The lowest BCUT2D eigenvalue weighted by molar-refractivity contribution is 0.549. The Balaban J connectivity index is 2.41. The van der Waals surface area contributed by atoms with Gasteiger partial charge in [-0.15, -0.1) is 5.10 Å². The van der Waals surface area contributed by atoms with Crippen LogP contribution in [0.25, 0.3) is 0 Å². The van der Waals surface area contributed by atoms with Gasteiger partial charge in [-0.25, -0.2) is 4.68 Å². The van der Waals surface area contributed by atoms with E-state index in [0.29, 0.717) is 0 Å². The Morgan fingerprint density at radius 3 is 2.84 bits per heavy atom. The van der Waals surface area contributed by atoms with Gasteiger partial charge in [0.25, 0.3) is 0 Å². The molecule has 2 aromatic rings. The van der Waals surface area contributed by atoms with Gasteiger partial charge in [-0.1, -0.05) is 24.3 Å². The number of nitrogens with zero attached hydrogens (tertiary/aromatic N) is 3. The van der Waals surface area contributed by atoms with Crippen LogP contribution in [0.5, 0.6) is 0 Å². The van der Waals surface area contributed by atoms with E-state index in [-0.39, 0.29) is 6.04 Å². The van der Waals surface area contributed by atoms with Crippen LogP contribution in [0.3, 0.4) is 0 Å². The molecule has 0 bridgehead atoms. The maximum atomic E-state index is 4.08. The minimum Gasteiger partial charge on any atom is -0.305 e. The highest BCUT2D eigenvalue weighted by atomic mass is 127. The molecule has 1 unspecified atom stereocenters. The first-order chi connectivity index (χ1) is 9.13. The average molecular weight is 435 g/mol. The van der Waals surface area contributed by atoms with E-state index in [1.165, 1.54) is 9.13 Å². The van der Waals surface area contributed by atoms with Gasteiger partial charge < -0.3 is 5.32 Å². The molecule has 6 heteroatoms. The quantitative estimate of drug-likeness (QED) is 0.734. The van der Waals surface area contributed by atoms with E-state index in [4.69, 9.17) is 0 Å². The molecule has 0 radical (unpaired) electrons. The minimum absolute atomic E-state index is 0.101. The predicted octanol–water partition coefficient (Wildman–Crippen LogP) is 3.27. The molecule has 0 saturated heterocycles. The molecule has 0 aliphatic rings. The van der Waals surface area contributed by atoms with Crippen molar-refractivity contribution in [1.29, 1.82) is 0 Å². The van der Waals surface area contributed by atoms with Crippen LogP contribution in [0.15, 0.2) is 28.9 Å². The fraction of sp³-hybridized carbons (Fsp3) is 0.385. The molecule has 4 nitrogen and oxygen atoms in total. The Bertz CT molecular complexity index is 536. The number of nitrogens with one attached hydrogen (secondary N) is 1. The van der Waals surface area contributed by atoms with Gasteiger partial charge in [-0.05, 0) is 69.2 Å². The van der Waals surface area contributed by atoms with Gasteiger partial charge in [0.15, 0.2) is 4.60 Å². The van der Waals surface area contributed by atoms with Crippen LogP contribution in [0.2, 0.25) is 0 Å². The van der Waals surface area contributed by atoms with Crippen molar-refractivity contribution in [3.8, 4) is 0 Å². The third-order valence-electron chi connectivity index (χ3n) is 2.88. The second-order valence-electron chi connectivity index (χ2n) is 4.33. The number of aryl methyl sites for hydroxylation is 1. The lowest BCUT2D eigenvalue weighted by Gasteiger charge is -2.19. The Hall–Kier alpha value is -0.470. The maximum absolute atomic E-state index is 4.08. The fourth-order valence-corrected chi connectivity index (χ4v) is 3.12. The molecular formula is C13H16BrIN4. The summed E-state index contributed by atoms with van der Waals surface area (Å²) in [5, 5.41) is 11.7. The van der Waals surface area contributed by atoms with E-state index < -0.39 is 0 Å². The smallest absolute Gasteiger partial charge is 0.153 e. The topological polar surface area (TPSA) is 42.7 Å². The highest BCUT2D eigenvalue weighted by molar-refractivity contribution is 14.1. The number of rotatable bonds is 5. The highest BCUT2D eigenvalue weighted by Crippen LogP contribution is 2.27. The first-order valence-electron chi connectivity index (χ1n) is 6.17. The molecular weight excluding hydrogens is 419 g/mol. The van der Waals surface area contributed by atoms with E-state index in [1.807, 2.05) is 11.7 Å². The monoisotopic (exact) mass is 434 g/mol. The normalized spacial score (nSPS) is 12.6. The van der Waals surface area contributed by atoms with Crippen LogP contribution in [-0.4, -0.2) is 21.5 Å². The summed E-state index contributed by atoms with van der Waals surface area (Å²) >= 11 is 5.82. The van der Waals surface area contributed by atoms with Crippen LogP contribution in [0.1, 0.15) is 30.6 Å². The van der Waals surface area contributed by atoms with Crippen molar-refractivity contribution in [3.63, 3.8) is 0 Å². The Morgan fingerprint density at radius 2 is 2.26 bits per heavy atom. The minimum atomic E-state index is 0.101. The predicted molar refractivity (Wildman–Crippen MR) is 88.0 cm³/mol. The SMILES string of the molecule is CCCNC(c1cccc(I)c1)c1c(Br)nnn1C. The molecule has 1 aromatic carbocycles. The fourth-order valence-electron chi connectivity index (χ4n) is 1.99.